The molecule has 0 saturated heterocycles. The summed E-state index contributed by atoms with van der Waals surface area (Å²) in [6, 6.07) is 9.90. The van der Waals surface area contributed by atoms with Crippen LogP contribution in [-0.4, -0.2) is 26.9 Å². The molecular formula is C10H14N2Sn. The van der Waals surface area contributed by atoms with E-state index in [0.29, 0.717) is 0 Å². The van der Waals surface area contributed by atoms with Crippen LogP contribution in [0.3, 0.4) is 0 Å². The molecule has 1 aromatic rings. The average molecular weight is 281 g/mol. The molecule has 13 heavy (non-hydrogen) atoms. The molecule has 1 rings (SSSR count). The maximum absolute atomic E-state index is 8.96. The molecule has 0 atom stereocenters. The van der Waals surface area contributed by atoms with Gasteiger partial charge in [-0.2, -0.15) is 0 Å². The molecule has 0 saturated carbocycles. The topological polar surface area (TPSA) is 36.4 Å². The summed E-state index contributed by atoms with van der Waals surface area (Å²) in [7, 11) is 0. The van der Waals surface area contributed by atoms with E-state index in [4.69, 9.17) is 5.53 Å². The van der Waals surface area contributed by atoms with Crippen molar-refractivity contribution in [1.82, 2.24) is 0 Å². The van der Waals surface area contributed by atoms with Gasteiger partial charge in [0.15, 0.2) is 0 Å². The fraction of sp³-hybridized carbons (Fsp3) is 0.300. The van der Waals surface area contributed by atoms with Crippen LogP contribution < -0.4 is 0 Å². The molecule has 0 N–H and O–H groups in total. The molecule has 0 aliphatic rings. The van der Waals surface area contributed by atoms with Gasteiger partial charge in [-0.25, -0.2) is 0 Å². The molecular weight excluding hydrogens is 267 g/mol. The first-order valence-corrected chi connectivity index (χ1v) is 14.3. The van der Waals surface area contributed by atoms with E-state index in [1.807, 2.05) is 30.3 Å². The minimum absolute atomic E-state index is 0.926. The zero-order chi connectivity index (χ0) is 9.90. The molecule has 0 amide bonds. The van der Waals surface area contributed by atoms with Crippen LogP contribution in [-0.2, 0) is 0 Å². The van der Waals surface area contributed by atoms with Crippen LogP contribution in [0.2, 0.25) is 14.8 Å². The predicted molar refractivity (Wildman–Crippen MR) is 57.5 cm³/mol. The Morgan fingerprint density at radius 1 is 1.15 bits per heavy atom. The van der Waals surface area contributed by atoms with Gasteiger partial charge in [-0.1, -0.05) is 0 Å². The number of hydrogen-bond donors (Lipinski definition) is 0. The van der Waals surface area contributed by atoms with Crippen LogP contribution in [0.5, 0.6) is 0 Å². The zero-order valence-electron chi connectivity index (χ0n) is 8.28. The van der Waals surface area contributed by atoms with Gasteiger partial charge in [0.1, 0.15) is 0 Å². The first kappa shape index (κ1) is 10.5. The van der Waals surface area contributed by atoms with Gasteiger partial charge in [-0.15, -0.1) is 0 Å². The van der Waals surface area contributed by atoms with Crippen molar-refractivity contribution in [2.45, 2.75) is 14.8 Å². The predicted octanol–water partition coefficient (Wildman–Crippen LogP) is 2.58. The summed E-state index contributed by atoms with van der Waals surface area (Å²) >= 11 is -2.24. The second kappa shape index (κ2) is 4.07. The third-order valence-electron chi connectivity index (χ3n) is 1.86. The normalized spacial score (nSPS) is 10.7. The third kappa shape index (κ3) is 2.68. The van der Waals surface area contributed by atoms with Crippen LogP contribution in [0.4, 0.5) is 0 Å². The van der Waals surface area contributed by atoms with Gasteiger partial charge in [0.25, 0.3) is 0 Å². The van der Waals surface area contributed by atoms with E-state index in [1.165, 1.54) is 0 Å². The Morgan fingerprint density at radius 3 is 2.08 bits per heavy atom. The van der Waals surface area contributed by atoms with Crippen LogP contribution in [0.25, 0.3) is 5.53 Å². The molecule has 0 aromatic heterocycles. The van der Waals surface area contributed by atoms with E-state index in [2.05, 4.69) is 19.6 Å². The average Bonchev–Trinajstić information content (AvgIpc) is 2.05. The summed E-state index contributed by atoms with van der Waals surface area (Å²) in [5.74, 6) is 0. The van der Waals surface area contributed by atoms with Crippen molar-refractivity contribution in [3.8, 4) is 0 Å². The second-order valence-corrected chi connectivity index (χ2v) is 18.3. The van der Waals surface area contributed by atoms with Gasteiger partial charge >= 0.3 is 83.1 Å². The van der Waals surface area contributed by atoms with Gasteiger partial charge in [-0.3, -0.25) is 0 Å². The SMILES string of the molecule is [CH3][Sn]([CH3])([CH3])[C](=[N+]=[N-])c1ccccc1. The Balaban J connectivity index is 3.15. The monoisotopic (exact) mass is 282 g/mol. The zero-order valence-corrected chi connectivity index (χ0v) is 11.1. The van der Waals surface area contributed by atoms with Crippen molar-refractivity contribution in [3.05, 3.63) is 41.4 Å². The first-order valence-electron chi connectivity index (χ1n) is 4.33. The minimum atomic E-state index is -2.24. The molecule has 0 aliphatic carbocycles. The molecule has 3 heteroatoms. The number of nitrogens with zero attached hydrogens (tertiary/aromatic N) is 2. The van der Waals surface area contributed by atoms with E-state index in [0.717, 1.165) is 9.29 Å². The van der Waals surface area contributed by atoms with Crippen molar-refractivity contribution in [2.24, 2.45) is 0 Å². The van der Waals surface area contributed by atoms with E-state index in [1.54, 1.807) is 0 Å². The quantitative estimate of drug-likeness (QED) is 0.346. The summed E-state index contributed by atoms with van der Waals surface area (Å²) in [5.41, 5.74) is 10.0. The molecule has 2 nitrogen and oxygen atoms in total. The molecule has 0 aliphatic heterocycles. The van der Waals surface area contributed by atoms with Crippen LogP contribution in [0.15, 0.2) is 30.3 Å². The maximum atomic E-state index is 8.96. The van der Waals surface area contributed by atoms with Gasteiger partial charge in [0, 0.05) is 0 Å². The standard InChI is InChI=1S/C7H5N2.3CH3.Sn/c8-9-6-7-4-2-1-3-5-7;;;;/h1-5H;3*1H3;. The van der Waals surface area contributed by atoms with E-state index in [9.17, 15) is 0 Å². The Labute approximate surface area is 83.1 Å². The molecule has 0 spiro atoms. The fourth-order valence-corrected chi connectivity index (χ4v) is 5.04. The third-order valence-corrected chi connectivity index (χ3v) is 7.02. The molecule has 0 fully saturated rings. The van der Waals surface area contributed by atoms with Crippen molar-refractivity contribution < 1.29 is 4.79 Å². The van der Waals surface area contributed by atoms with E-state index < -0.39 is 18.4 Å². The van der Waals surface area contributed by atoms with E-state index >= 15 is 0 Å². The molecule has 1 aromatic carbocycles. The summed E-state index contributed by atoms with van der Waals surface area (Å²) < 4.78 is 0.926. The van der Waals surface area contributed by atoms with Crippen molar-refractivity contribution >= 4 is 22.1 Å². The number of rotatable bonds is 2. The molecule has 0 radical (unpaired) electrons. The van der Waals surface area contributed by atoms with Crippen LogP contribution >= 0.6 is 0 Å². The first-order chi connectivity index (χ1) is 6.05. The van der Waals surface area contributed by atoms with Crippen LogP contribution in [0, 0.1) is 0 Å². The molecule has 0 bridgehead atoms. The summed E-state index contributed by atoms with van der Waals surface area (Å²) in [6.07, 6.45) is 0. The van der Waals surface area contributed by atoms with Crippen molar-refractivity contribution in [2.75, 3.05) is 0 Å². The Kier molecular flexibility index (Phi) is 3.28. The van der Waals surface area contributed by atoms with Crippen molar-refractivity contribution in [1.29, 1.82) is 0 Å². The van der Waals surface area contributed by atoms with E-state index in [-0.39, 0.29) is 0 Å². The number of benzene rings is 1. The Bertz CT molecular complexity index is 332. The molecule has 0 heterocycles. The Morgan fingerprint density at radius 2 is 1.69 bits per heavy atom. The summed E-state index contributed by atoms with van der Waals surface area (Å²) in [4.78, 5) is 10.1. The summed E-state index contributed by atoms with van der Waals surface area (Å²) in [6.45, 7) is 0. The van der Waals surface area contributed by atoms with Gasteiger partial charge in [0.05, 0.1) is 0 Å². The summed E-state index contributed by atoms with van der Waals surface area (Å²) in [5, 5.41) is 0. The number of hydrogen-bond acceptors (Lipinski definition) is 0. The Hall–Kier alpha value is -0.601. The second-order valence-electron chi connectivity index (χ2n) is 4.06. The van der Waals surface area contributed by atoms with Gasteiger partial charge in [0.2, 0.25) is 0 Å². The molecule has 68 valence electrons. The van der Waals surface area contributed by atoms with Gasteiger partial charge < -0.3 is 0 Å². The van der Waals surface area contributed by atoms with Crippen molar-refractivity contribution in [3.63, 3.8) is 0 Å². The van der Waals surface area contributed by atoms with Crippen LogP contribution in [0.1, 0.15) is 5.56 Å². The van der Waals surface area contributed by atoms with Gasteiger partial charge in [-0.05, 0) is 0 Å². The fourth-order valence-electron chi connectivity index (χ4n) is 1.24. The molecule has 0 unspecified atom stereocenters.